The zero-order valence-corrected chi connectivity index (χ0v) is 13.1. The molecule has 0 aliphatic rings. The summed E-state index contributed by atoms with van der Waals surface area (Å²) in [5, 5.41) is 13.3. The van der Waals surface area contributed by atoms with E-state index in [0.29, 0.717) is 6.54 Å². The van der Waals surface area contributed by atoms with Crippen LogP contribution in [0.15, 0.2) is 46.9 Å². The quantitative estimate of drug-likeness (QED) is 0.867. The Morgan fingerprint density at radius 2 is 2.00 bits per heavy atom. The van der Waals surface area contributed by atoms with Crippen LogP contribution in [0.3, 0.4) is 0 Å². The van der Waals surface area contributed by atoms with Crippen molar-refractivity contribution in [3.63, 3.8) is 0 Å². The predicted molar refractivity (Wildman–Crippen MR) is 84.1 cm³/mol. The van der Waals surface area contributed by atoms with Crippen LogP contribution in [0.1, 0.15) is 24.1 Å². The summed E-state index contributed by atoms with van der Waals surface area (Å²) in [5.74, 6) is 1.02. The molecule has 1 atom stereocenters. The van der Waals surface area contributed by atoms with E-state index in [9.17, 15) is 5.11 Å². The van der Waals surface area contributed by atoms with Crippen LogP contribution in [0.5, 0.6) is 11.5 Å². The summed E-state index contributed by atoms with van der Waals surface area (Å²) in [5.41, 5.74) is 2.01. The normalized spacial score (nSPS) is 12.2. The Labute approximate surface area is 127 Å². The molecule has 106 valence electrons. The molecule has 0 amide bonds. The third-order valence-corrected chi connectivity index (χ3v) is 3.98. The summed E-state index contributed by atoms with van der Waals surface area (Å²) in [4.78, 5) is 0. The minimum Gasteiger partial charge on any atom is -0.508 e. The molecule has 0 aliphatic carbocycles. The average molecular weight is 336 g/mol. The molecule has 2 N–H and O–H groups in total. The van der Waals surface area contributed by atoms with E-state index in [4.69, 9.17) is 4.74 Å². The van der Waals surface area contributed by atoms with Gasteiger partial charge in [-0.1, -0.05) is 34.1 Å². The van der Waals surface area contributed by atoms with Gasteiger partial charge in [0.1, 0.15) is 11.5 Å². The molecule has 0 spiro atoms. The standard InChI is InChI=1S/C16H18BrNO2/c1-11(14-5-3-4-6-15(14)17)18-10-12-9-13(20-2)7-8-16(12)19/h3-9,11,18-19H,10H2,1-2H3/t11-/m1/s1. The first-order valence-electron chi connectivity index (χ1n) is 6.45. The van der Waals surface area contributed by atoms with Gasteiger partial charge in [-0.15, -0.1) is 0 Å². The van der Waals surface area contributed by atoms with Crippen LogP contribution in [0.2, 0.25) is 0 Å². The van der Waals surface area contributed by atoms with E-state index in [1.165, 1.54) is 5.56 Å². The number of ether oxygens (including phenoxy) is 1. The van der Waals surface area contributed by atoms with Crippen molar-refractivity contribution in [3.8, 4) is 11.5 Å². The maximum Gasteiger partial charge on any atom is 0.120 e. The number of aromatic hydroxyl groups is 1. The number of methoxy groups -OCH3 is 1. The van der Waals surface area contributed by atoms with Gasteiger partial charge in [-0.05, 0) is 36.8 Å². The molecule has 0 saturated heterocycles. The lowest BCUT2D eigenvalue weighted by molar-refractivity contribution is 0.409. The summed E-state index contributed by atoms with van der Waals surface area (Å²) < 4.78 is 6.25. The number of phenols is 1. The van der Waals surface area contributed by atoms with E-state index in [1.807, 2.05) is 24.3 Å². The third kappa shape index (κ3) is 3.52. The smallest absolute Gasteiger partial charge is 0.120 e. The van der Waals surface area contributed by atoms with Gasteiger partial charge in [0.05, 0.1) is 7.11 Å². The molecule has 20 heavy (non-hydrogen) atoms. The molecule has 0 heterocycles. The number of phenolic OH excluding ortho intramolecular Hbond substituents is 1. The molecule has 0 fully saturated rings. The van der Waals surface area contributed by atoms with Crippen LogP contribution in [-0.4, -0.2) is 12.2 Å². The Balaban J connectivity index is 2.07. The van der Waals surface area contributed by atoms with Gasteiger partial charge in [-0.3, -0.25) is 0 Å². The number of benzene rings is 2. The van der Waals surface area contributed by atoms with E-state index in [1.54, 1.807) is 19.2 Å². The largest absolute Gasteiger partial charge is 0.508 e. The van der Waals surface area contributed by atoms with Crippen LogP contribution < -0.4 is 10.1 Å². The van der Waals surface area contributed by atoms with E-state index >= 15 is 0 Å². The Bertz CT molecular complexity index is 586. The van der Waals surface area contributed by atoms with Crippen molar-refractivity contribution in [3.05, 3.63) is 58.1 Å². The summed E-state index contributed by atoms with van der Waals surface area (Å²) in [6.45, 7) is 2.67. The third-order valence-electron chi connectivity index (χ3n) is 3.26. The Morgan fingerprint density at radius 1 is 1.25 bits per heavy atom. The summed E-state index contributed by atoms with van der Waals surface area (Å²) in [6.07, 6.45) is 0. The second-order valence-electron chi connectivity index (χ2n) is 4.62. The molecule has 0 unspecified atom stereocenters. The van der Waals surface area contributed by atoms with Crippen molar-refractivity contribution >= 4 is 15.9 Å². The fraction of sp³-hybridized carbons (Fsp3) is 0.250. The number of halogens is 1. The fourth-order valence-electron chi connectivity index (χ4n) is 2.03. The first kappa shape index (κ1) is 14.9. The number of hydrogen-bond acceptors (Lipinski definition) is 3. The van der Waals surface area contributed by atoms with Crippen LogP contribution in [0.4, 0.5) is 0 Å². The van der Waals surface area contributed by atoms with Crippen molar-refractivity contribution < 1.29 is 9.84 Å². The summed E-state index contributed by atoms with van der Waals surface area (Å²) in [7, 11) is 1.62. The van der Waals surface area contributed by atoms with Gasteiger partial charge in [0.15, 0.2) is 0 Å². The highest BCUT2D eigenvalue weighted by Crippen LogP contribution is 2.26. The topological polar surface area (TPSA) is 41.5 Å². The van der Waals surface area contributed by atoms with E-state index in [0.717, 1.165) is 15.8 Å². The van der Waals surface area contributed by atoms with Crippen LogP contribution in [-0.2, 0) is 6.54 Å². The molecule has 4 heteroatoms. The van der Waals surface area contributed by atoms with Gasteiger partial charge in [-0.25, -0.2) is 0 Å². The molecule has 2 aromatic rings. The Kier molecular flexibility index (Phi) is 5.04. The van der Waals surface area contributed by atoms with Crippen molar-refractivity contribution in [2.24, 2.45) is 0 Å². The first-order chi connectivity index (χ1) is 9.61. The van der Waals surface area contributed by atoms with Gasteiger partial charge >= 0.3 is 0 Å². The van der Waals surface area contributed by atoms with Gasteiger partial charge in [0.2, 0.25) is 0 Å². The lowest BCUT2D eigenvalue weighted by Crippen LogP contribution is -2.18. The van der Waals surface area contributed by atoms with Crippen LogP contribution in [0.25, 0.3) is 0 Å². The highest BCUT2D eigenvalue weighted by molar-refractivity contribution is 9.10. The molecule has 0 aromatic heterocycles. The second kappa shape index (κ2) is 6.77. The van der Waals surface area contributed by atoms with Crippen LogP contribution >= 0.6 is 15.9 Å². The molecule has 3 nitrogen and oxygen atoms in total. The van der Waals surface area contributed by atoms with Crippen LogP contribution in [0, 0.1) is 0 Å². The van der Waals surface area contributed by atoms with Crippen molar-refractivity contribution in [2.75, 3.05) is 7.11 Å². The average Bonchev–Trinajstić information content (AvgIpc) is 2.46. The zero-order valence-electron chi connectivity index (χ0n) is 11.6. The van der Waals surface area contributed by atoms with Gasteiger partial charge in [0.25, 0.3) is 0 Å². The zero-order chi connectivity index (χ0) is 14.5. The number of nitrogens with one attached hydrogen (secondary N) is 1. The van der Waals surface area contributed by atoms with Crippen molar-refractivity contribution in [1.29, 1.82) is 0 Å². The molecule has 0 aliphatic heterocycles. The molecular weight excluding hydrogens is 318 g/mol. The number of hydrogen-bond donors (Lipinski definition) is 2. The SMILES string of the molecule is COc1ccc(O)c(CN[C@H](C)c2ccccc2Br)c1. The van der Waals surface area contributed by atoms with E-state index in [2.05, 4.69) is 34.2 Å². The monoisotopic (exact) mass is 335 g/mol. The van der Waals surface area contributed by atoms with Gasteiger partial charge in [0, 0.05) is 22.6 Å². The first-order valence-corrected chi connectivity index (χ1v) is 7.25. The molecular formula is C16H18BrNO2. The van der Waals surface area contributed by atoms with Crippen molar-refractivity contribution in [2.45, 2.75) is 19.5 Å². The molecule has 0 radical (unpaired) electrons. The van der Waals surface area contributed by atoms with Gasteiger partial charge < -0.3 is 15.2 Å². The molecule has 2 aromatic carbocycles. The predicted octanol–water partition coefficient (Wildman–Crippen LogP) is 4.01. The fourth-order valence-corrected chi connectivity index (χ4v) is 2.66. The van der Waals surface area contributed by atoms with Gasteiger partial charge in [-0.2, -0.15) is 0 Å². The summed E-state index contributed by atoms with van der Waals surface area (Å²) >= 11 is 3.55. The highest BCUT2D eigenvalue weighted by atomic mass is 79.9. The maximum absolute atomic E-state index is 9.86. The molecule has 0 bridgehead atoms. The summed E-state index contributed by atoms with van der Waals surface area (Å²) in [6, 6.07) is 13.5. The molecule has 2 rings (SSSR count). The Morgan fingerprint density at radius 3 is 2.70 bits per heavy atom. The minimum absolute atomic E-state index is 0.177. The maximum atomic E-state index is 9.86. The van der Waals surface area contributed by atoms with Crippen molar-refractivity contribution in [1.82, 2.24) is 5.32 Å². The lowest BCUT2D eigenvalue weighted by atomic mass is 10.1. The lowest BCUT2D eigenvalue weighted by Gasteiger charge is -2.16. The van der Waals surface area contributed by atoms with E-state index in [-0.39, 0.29) is 11.8 Å². The van der Waals surface area contributed by atoms with E-state index < -0.39 is 0 Å². The highest BCUT2D eigenvalue weighted by Gasteiger charge is 2.10. The Hall–Kier alpha value is -1.52. The minimum atomic E-state index is 0.177. The number of rotatable bonds is 5. The second-order valence-corrected chi connectivity index (χ2v) is 5.47. The molecule has 0 saturated carbocycles.